The second kappa shape index (κ2) is 9.67. The van der Waals surface area contributed by atoms with Gasteiger partial charge in [0.2, 0.25) is 0 Å². The highest BCUT2D eigenvalue weighted by molar-refractivity contribution is 7.98. The first-order chi connectivity index (χ1) is 15.4. The van der Waals surface area contributed by atoms with Gasteiger partial charge in [0.1, 0.15) is 17.4 Å². The van der Waals surface area contributed by atoms with Gasteiger partial charge in [0, 0.05) is 18.0 Å². The molecule has 4 rings (SSSR count). The molecule has 0 fully saturated rings. The van der Waals surface area contributed by atoms with Crippen LogP contribution < -0.4 is 0 Å². The summed E-state index contributed by atoms with van der Waals surface area (Å²) in [4.78, 5) is 5.04. The molecule has 4 nitrogen and oxygen atoms in total. The van der Waals surface area contributed by atoms with E-state index in [2.05, 4.69) is 41.1 Å². The number of nitrogens with zero attached hydrogens (tertiary/aromatic N) is 3. The Bertz CT molecular complexity index is 1230. The van der Waals surface area contributed by atoms with Crippen LogP contribution in [0.3, 0.4) is 0 Å². The van der Waals surface area contributed by atoms with Crippen LogP contribution in [0.25, 0.3) is 22.2 Å². The van der Waals surface area contributed by atoms with Crippen molar-refractivity contribution in [2.24, 2.45) is 0 Å². The Kier molecular flexibility index (Phi) is 6.91. The smallest absolute Gasteiger partial charge is 0.142 e. The minimum Gasteiger partial charge on any atom is -0.361 e. The lowest BCUT2D eigenvalue weighted by Gasteiger charge is -2.15. The number of aromatic nitrogens is 3. The Morgan fingerprint density at radius 3 is 2.69 bits per heavy atom. The van der Waals surface area contributed by atoms with Crippen LogP contribution in [0.2, 0.25) is 5.02 Å². The first-order valence-corrected chi connectivity index (χ1v) is 12.5. The average Bonchev–Trinajstić information content (AvgIpc) is 3.30. The predicted octanol–water partition coefficient (Wildman–Crippen LogP) is 7.20. The SMILES string of the molecule is CSCCCn1c(C(C)Cc2ccc(Cl)c(F)c2)nc2cc(-c3c(C)noc3C)ccc21. The van der Waals surface area contributed by atoms with Crippen molar-refractivity contribution in [2.75, 3.05) is 12.0 Å². The molecule has 32 heavy (non-hydrogen) atoms. The average molecular weight is 472 g/mol. The maximum absolute atomic E-state index is 14.0. The molecule has 7 heteroatoms. The van der Waals surface area contributed by atoms with Crippen LogP contribution in [0.15, 0.2) is 40.9 Å². The van der Waals surface area contributed by atoms with Crippen molar-refractivity contribution in [1.82, 2.24) is 14.7 Å². The topological polar surface area (TPSA) is 43.9 Å². The lowest BCUT2D eigenvalue weighted by Crippen LogP contribution is -2.10. The molecule has 0 bridgehead atoms. The number of imidazole rings is 1. The molecule has 1 unspecified atom stereocenters. The minimum atomic E-state index is -0.381. The van der Waals surface area contributed by atoms with Gasteiger partial charge in [-0.3, -0.25) is 0 Å². The van der Waals surface area contributed by atoms with Gasteiger partial charge >= 0.3 is 0 Å². The Hall–Kier alpha value is -2.31. The molecule has 2 aromatic carbocycles. The van der Waals surface area contributed by atoms with Gasteiger partial charge in [-0.05, 0) is 74.1 Å². The standard InChI is InChI=1S/C25H27ClFN3OS/c1-15(12-18-6-8-20(26)21(27)13-18)25-28-22-14-19(24-16(2)29-31-17(24)3)7-9-23(22)30(25)10-5-11-32-4/h6-9,13-15H,5,10-12H2,1-4H3. The van der Waals surface area contributed by atoms with Crippen molar-refractivity contribution in [3.63, 3.8) is 0 Å². The number of fused-ring (bicyclic) bond motifs is 1. The van der Waals surface area contributed by atoms with Crippen molar-refractivity contribution in [1.29, 1.82) is 0 Å². The molecule has 1 atom stereocenters. The van der Waals surface area contributed by atoms with Crippen molar-refractivity contribution in [3.05, 3.63) is 70.1 Å². The van der Waals surface area contributed by atoms with Gasteiger partial charge < -0.3 is 9.09 Å². The van der Waals surface area contributed by atoms with Gasteiger partial charge in [0.25, 0.3) is 0 Å². The lowest BCUT2D eigenvalue weighted by atomic mass is 10.00. The third-order valence-electron chi connectivity index (χ3n) is 5.80. The van der Waals surface area contributed by atoms with Crippen LogP contribution in [0.4, 0.5) is 4.39 Å². The van der Waals surface area contributed by atoms with E-state index in [4.69, 9.17) is 21.1 Å². The monoisotopic (exact) mass is 471 g/mol. The first-order valence-electron chi connectivity index (χ1n) is 10.7. The molecule has 2 aromatic heterocycles. The summed E-state index contributed by atoms with van der Waals surface area (Å²) in [6.07, 6.45) is 3.88. The van der Waals surface area contributed by atoms with Crippen molar-refractivity contribution in [3.8, 4) is 11.1 Å². The quantitative estimate of drug-likeness (QED) is 0.255. The third kappa shape index (κ3) is 4.57. The van der Waals surface area contributed by atoms with E-state index in [1.54, 1.807) is 6.07 Å². The second-order valence-electron chi connectivity index (χ2n) is 8.22. The molecule has 0 aliphatic rings. The fourth-order valence-electron chi connectivity index (χ4n) is 4.29. The van der Waals surface area contributed by atoms with Crippen molar-refractivity contribution in [2.45, 2.75) is 46.1 Å². The zero-order chi connectivity index (χ0) is 22.8. The number of halogens is 2. The highest BCUT2D eigenvalue weighted by Gasteiger charge is 2.19. The summed E-state index contributed by atoms with van der Waals surface area (Å²) in [5.41, 5.74) is 5.94. The molecular weight excluding hydrogens is 445 g/mol. The molecule has 0 spiro atoms. The number of benzene rings is 2. The third-order valence-corrected chi connectivity index (χ3v) is 6.80. The fourth-order valence-corrected chi connectivity index (χ4v) is 4.82. The minimum absolute atomic E-state index is 0.125. The Labute approximate surface area is 197 Å². The highest BCUT2D eigenvalue weighted by atomic mass is 35.5. The molecule has 0 aliphatic carbocycles. The summed E-state index contributed by atoms with van der Waals surface area (Å²) in [6, 6.07) is 11.4. The number of rotatable bonds is 8. The number of hydrogen-bond donors (Lipinski definition) is 0. The van der Waals surface area contributed by atoms with Crippen molar-refractivity contribution >= 4 is 34.4 Å². The number of thioether (sulfide) groups is 1. The van der Waals surface area contributed by atoms with E-state index in [0.29, 0.717) is 6.42 Å². The van der Waals surface area contributed by atoms with Gasteiger partial charge in [-0.1, -0.05) is 35.8 Å². The number of hydrogen-bond acceptors (Lipinski definition) is 4. The molecule has 0 radical (unpaired) electrons. The van der Waals surface area contributed by atoms with Gasteiger partial charge in [0.05, 0.1) is 21.7 Å². The summed E-state index contributed by atoms with van der Waals surface area (Å²) < 4.78 is 21.6. The molecule has 0 amide bonds. The number of aryl methyl sites for hydroxylation is 3. The molecule has 0 saturated carbocycles. The van der Waals surface area contributed by atoms with E-state index in [9.17, 15) is 4.39 Å². The zero-order valence-electron chi connectivity index (χ0n) is 18.8. The second-order valence-corrected chi connectivity index (χ2v) is 9.62. The lowest BCUT2D eigenvalue weighted by molar-refractivity contribution is 0.393. The van der Waals surface area contributed by atoms with Gasteiger partial charge in [-0.15, -0.1) is 0 Å². The highest BCUT2D eigenvalue weighted by Crippen LogP contribution is 2.32. The summed E-state index contributed by atoms with van der Waals surface area (Å²) in [5.74, 6) is 2.66. The van der Waals surface area contributed by atoms with Crippen LogP contribution in [0.1, 0.15) is 42.1 Å². The van der Waals surface area contributed by atoms with Crippen LogP contribution >= 0.6 is 23.4 Å². The molecule has 168 valence electrons. The Morgan fingerprint density at radius 1 is 1.19 bits per heavy atom. The van der Waals surface area contributed by atoms with E-state index in [1.165, 1.54) is 6.07 Å². The van der Waals surface area contributed by atoms with Crippen LogP contribution in [0, 0.1) is 19.7 Å². The van der Waals surface area contributed by atoms with E-state index in [0.717, 1.165) is 63.7 Å². The first kappa shape index (κ1) is 22.9. The van der Waals surface area contributed by atoms with Gasteiger partial charge in [-0.25, -0.2) is 9.37 Å². The van der Waals surface area contributed by atoms with Crippen LogP contribution in [-0.2, 0) is 13.0 Å². The maximum atomic E-state index is 14.0. The molecule has 0 N–H and O–H groups in total. The molecule has 2 heterocycles. The Balaban J connectivity index is 1.73. The Morgan fingerprint density at radius 2 is 2.00 bits per heavy atom. The van der Waals surface area contributed by atoms with Crippen LogP contribution in [-0.4, -0.2) is 26.7 Å². The van der Waals surface area contributed by atoms with E-state index >= 15 is 0 Å². The maximum Gasteiger partial charge on any atom is 0.142 e. The predicted molar refractivity (Wildman–Crippen MR) is 131 cm³/mol. The normalized spacial score (nSPS) is 12.6. The molecule has 4 aromatic rings. The largest absolute Gasteiger partial charge is 0.361 e. The van der Waals surface area contributed by atoms with Crippen molar-refractivity contribution < 1.29 is 8.91 Å². The molecule has 0 saturated heterocycles. The van der Waals surface area contributed by atoms with E-state index in [-0.39, 0.29) is 16.8 Å². The summed E-state index contributed by atoms with van der Waals surface area (Å²) in [5, 5.41) is 4.24. The van der Waals surface area contributed by atoms with E-state index < -0.39 is 0 Å². The summed E-state index contributed by atoms with van der Waals surface area (Å²) in [6.45, 7) is 6.93. The van der Waals surface area contributed by atoms with Gasteiger partial charge in [-0.2, -0.15) is 11.8 Å². The molecular formula is C25H27ClFN3OS. The van der Waals surface area contributed by atoms with Gasteiger partial charge in [0.15, 0.2) is 0 Å². The zero-order valence-corrected chi connectivity index (χ0v) is 20.4. The van der Waals surface area contributed by atoms with E-state index in [1.807, 2.05) is 31.7 Å². The fraction of sp³-hybridized carbons (Fsp3) is 0.360. The van der Waals surface area contributed by atoms with Crippen LogP contribution in [0.5, 0.6) is 0 Å². The molecule has 0 aliphatic heterocycles. The summed E-state index contributed by atoms with van der Waals surface area (Å²) in [7, 11) is 0. The summed E-state index contributed by atoms with van der Waals surface area (Å²) >= 11 is 7.71.